The molecule has 0 saturated heterocycles. The molecule has 0 unspecified atom stereocenters. The van der Waals surface area contributed by atoms with Crippen molar-refractivity contribution in [1.82, 2.24) is 14.5 Å². The maximum absolute atomic E-state index is 4.50. The quantitative estimate of drug-likeness (QED) is 0.754. The van der Waals surface area contributed by atoms with Crippen LogP contribution in [0.1, 0.15) is 19.5 Å². The molecule has 0 aliphatic carbocycles. The average Bonchev–Trinajstić information content (AvgIpc) is 2.52. The normalized spacial score (nSPS) is 11.9. The fraction of sp³-hybridized carbons (Fsp3) is 0.643. The van der Waals surface area contributed by atoms with Gasteiger partial charge in [-0.1, -0.05) is 19.9 Å². The van der Waals surface area contributed by atoms with Crippen LogP contribution in [-0.4, -0.2) is 41.6 Å². The molecule has 0 bridgehead atoms. The van der Waals surface area contributed by atoms with E-state index in [9.17, 15) is 0 Å². The molecule has 0 spiro atoms. The van der Waals surface area contributed by atoms with Gasteiger partial charge in [-0.25, -0.2) is 4.98 Å². The molecule has 0 atom stereocenters. The van der Waals surface area contributed by atoms with Gasteiger partial charge in [-0.3, -0.25) is 0 Å². The van der Waals surface area contributed by atoms with Gasteiger partial charge in [-0.15, -0.1) is 6.58 Å². The molecule has 0 aliphatic rings. The maximum atomic E-state index is 4.50. The Hall–Kier alpha value is -1.29. The molecule has 102 valence electrons. The molecular weight excluding hydrogens is 224 g/mol. The zero-order valence-corrected chi connectivity index (χ0v) is 12.3. The van der Waals surface area contributed by atoms with Crippen LogP contribution in [0, 0.1) is 12.3 Å². The summed E-state index contributed by atoms with van der Waals surface area (Å²) in [4.78, 5) is 6.72. The highest BCUT2D eigenvalue weighted by atomic mass is 15.2. The van der Waals surface area contributed by atoms with E-state index < -0.39 is 0 Å². The number of aryl methyl sites for hydroxylation is 1. The number of hydrogen-bond donors (Lipinski definition) is 1. The minimum Gasteiger partial charge on any atom is -0.352 e. The number of aromatic nitrogens is 2. The Morgan fingerprint density at radius 1 is 1.50 bits per heavy atom. The predicted molar refractivity (Wildman–Crippen MR) is 78.0 cm³/mol. The van der Waals surface area contributed by atoms with E-state index in [0.29, 0.717) is 0 Å². The fourth-order valence-corrected chi connectivity index (χ4v) is 2.34. The molecule has 4 heteroatoms. The second-order valence-electron chi connectivity index (χ2n) is 5.91. The maximum Gasteiger partial charge on any atom is 0.203 e. The third-order valence-corrected chi connectivity index (χ3v) is 2.64. The van der Waals surface area contributed by atoms with Gasteiger partial charge in [-0.05, 0) is 26.4 Å². The predicted octanol–water partition coefficient (Wildman–Crippen LogP) is 2.38. The molecule has 1 aromatic rings. The van der Waals surface area contributed by atoms with E-state index in [1.807, 2.05) is 13.0 Å². The zero-order valence-electron chi connectivity index (χ0n) is 12.3. The van der Waals surface area contributed by atoms with E-state index in [-0.39, 0.29) is 5.41 Å². The molecule has 1 N–H and O–H groups in total. The van der Waals surface area contributed by atoms with Gasteiger partial charge < -0.3 is 14.8 Å². The summed E-state index contributed by atoms with van der Waals surface area (Å²) in [5, 5.41) is 3.28. The van der Waals surface area contributed by atoms with Crippen LogP contribution in [0.25, 0.3) is 0 Å². The molecule has 0 aliphatic heterocycles. The zero-order chi connectivity index (χ0) is 13.8. The van der Waals surface area contributed by atoms with Crippen molar-refractivity contribution in [2.24, 2.45) is 5.41 Å². The van der Waals surface area contributed by atoms with Crippen molar-refractivity contribution < 1.29 is 0 Å². The second kappa shape index (κ2) is 6.05. The lowest BCUT2D eigenvalue weighted by molar-refractivity contribution is 0.212. The minimum absolute atomic E-state index is 0.210. The van der Waals surface area contributed by atoms with E-state index in [2.05, 4.69) is 60.5 Å². The molecule has 1 aromatic heterocycles. The van der Waals surface area contributed by atoms with Gasteiger partial charge in [0.05, 0.1) is 5.69 Å². The smallest absolute Gasteiger partial charge is 0.203 e. The molecule has 0 radical (unpaired) electrons. The van der Waals surface area contributed by atoms with Crippen LogP contribution in [-0.2, 0) is 6.54 Å². The van der Waals surface area contributed by atoms with E-state index in [1.54, 1.807) is 0 Å². The van der Waals surface area contributed by atoms with E-state index in [4.69, 9.17) is 0 Å². The van der Waals surface area contributed by atoms with E-state index in [1.165, 1.54) is 0 Å². The first kappa shape index (κ1) is 14.8. The van der Waals surface area contributed by atoms with Crippen LogP contribution in [0.15, 0.2) is 18.9 Å². The number of anilines is 1. The Balaban J connectivity index is 2.79. The number of rotatable bonds is 7. The van der Waals surface area contributed by atoms with Gasteiger partial charge in [0.15, 0.2) is 0 Å². The van der Waals surface area contributed by atoms with Gasteiger partial charge in [0, 0.05) is 25.8 Å². The lowest BCUT2D eigenvalue weighted by atomic mass is 9.93. The van der Waals surface area contributed by atoms with Crippen molar-refractivity contribution in [3.8, 4) is 0 Å². The summed E-state index contributed by atoms with van der Waals surface area (Å²) >= 11 is 0. The molecule has 1 rings (SSSR count). The Bertz CT molecular complexity index is 390. The van der Waals surface area contributed by atoms with Crippen molar-refractivity contribution in [2.75, 3.05) is 32.5 Å². The molecular formula is C14H26N4. The van der Waals surface area contributed by atoms with E-state index >= 15 is 0 Å². The highest BCUT2D eigenvalue weighted by Crippen LogP contribution is 2.22. The first-order chi connectivity index (χ1) is 8.34. The number of hydrogen-bond acceptors (Lipinski definition) is 3. The van der Waals surface area contributed by atoms with Crippen molar-refractivity contribution in [3.63, 3.8) is 0 Å². The summed E-state index contributed by atoms with van der Waals surface area (Å²) in [7, 11) is 4.22. The summed E-state index contributed by atoms with van der Waals surface area (Å²) in [5.41, 5.74) is 1.25. The van der Waals surface area contributed by atoms with E-state index in [0.717, 1.165) is 31.3 Å². The van der Waals surface area contributed by atoms with Crippen LogP contribution in [0.5, 0.6) is 0 Å². The second-order valence-corrected chi connectivity index (χ2v) is 5.91. The topological polar surface area (TPSA) is 33.1 Å². The lowest BCUT2D eigenvalue weighted by Crippen LogP contribution is -2.32. The fourth-order valence-electron chi connectivity index (χ4n) is 2.34. The highest BCUT2D eigenvalue weighted by molar-refractivity contribution is 5.29. The average molecular weight is 250 g/mol. The van der Waals surface area contributed by atoms with Gasteiger partial charge in [0.25, 0.3) is 0 Å². The summed E-state index contributed by atoms with van der Waals surface area (Å²) in [5.74, 6) is 0.930. The first-order valence-corrected chi connectivity index (χ1v) is 6.37. The Morgan fingerprint density at radius 2 is 2.17 bits per heavy atom. The summed E-state index contributed by atoms with van der Waals surface area (Å²) in [6.07, 6.45) is 3.95. The van der Waals surface area contributed by atoms with Gasteiger partial charge in [-0.2, -0.15) is 0 Å². The molecule has 0 fully saturated rings. The molecule has 4 nitrogen and oxygen atoms in total. The highest BCUT2D eigenvalue weighted by Gasteiger charge is 2.21. The van der Waals surface area contributed by atoms with Crippen LogP contribution in [0.3, 0.4) is 0 Å². The van der Waals surface area contributed by atoms with Crippen LogP contribution in [0.2, 0.25) is 0 Å². The molecule has 0 saturated carbocycles. The van der Waals surface area contributed by atoms with Crippen molar-refractivity contribution >= 4 is 5.95 Å². The third kappa shape index (κ3) is 4.53. The summed E-state index contributed by atoms with van der Waals surface area (Å²) in [6, 6.07) is 0. The molecule has 18 heavy (non-hydrogen) atoms. The van der Waals surface area contributed by atoms with Gasteiger partial charge >= 0.3 is 0 Å². The minimum atomic E-state index is 0.210. The number of imidazole rings is 1. The monoisotopic (exact) mass is 250 g/mol. The molecule has 1 heterocycles. The van der Waals surface area contributed by atoms with Crippen molar-refractivity contribution in [3.05, 3.63) is 24.5 Å². The number of nitrogens with one attached hydrogen (secondary N) is 1. The summed E-state index contributed by atoms with van der Waals surface area (Å²) < 4.78 is 2.20. The van der Waals surface area contributed by atoms with Crippen molar-refractivity contribution in [1.29, 1.82) is 0 Å². The SMILES string of the molecule is C=CCNc1nc(C)cn1CC(C)(C)CN(C)C. The van der Waals surface area contributed by atoms with Crippen LogP contribution in [0.4, 0.5) is 5.95 Å². The lowest BCUT2D eigenvalue weighted by Gasteiger charge is -2.29. The van der Waals surface area contributed by atoms with Gasteiger partial charge in [0.2, 0.25) is 5.95 Å². The third-order valence-electron chi connectivity index (χ3n) is 2.64. The molecule has 0 amide bonds. The van der Waals surface area contributed by atoms with Crippen LogP contribution < -0.4 is 5.32 Å². The van der Waals surface area contributed by atoms with Gasteiger partial charge in [0.1, 0.15) is 0 Å². The number of nitrogens with zero attached hydrogens (tertiary/aromatic N) is 3. The Kier molecular flexibility index (Phi) is 4.96. The first-order valence-electron chi connectivity index (χ1n) is 6.37. The largest absolute Gasteiger partial charge is 0.352 e. The standard InChI is InChI=1S/C14H26N4/c1-7-8-15-13-16-12(2)9-18(13)11-14(3,4)10-17(5)6/h7,9H,1,8,10-11H2,2-6H3,(H,15,16). The Morgan fingerprint density at radius 3 is 2.72 bits per heavy atom. The van der Waals surface area contributed by atoms with Crippen LogP contribution >= 0.6 is 0 Å². The molecule has 0 aromatic carbocycles. The Labute approximate surface area is 111 Å². The summed E-state index contributed by atoms with van der Waals surface area (Å²) in [6.45, 7) is 13.0. The van der Waals surface area contributed by atoms with Crippen molar-refractivity contribution in [2.45, 2.75) is 27.3 Å².